The summed E-state index contributed by atoms with van der Waals surface area (Å²) in [6.07, 6.45) is 5.15. The van der Waals surface area contributed by atoms with E-state index < -0.39 is 5.54 Å². The lowest BCUT2D eigenvalue weighted by molar-refractivity contribution is -0.154. The molecule has 0 aromatic rings. The van der Waals surface area contributed by atoms with E-state index >= 15 is 0 Å². The van der Waals surface area contributed by atoms with Crippen LogP contribution in [0.1, 0.15) is 32.1 Å². The van der Waals surface area contributed by atoms with E-state index in [1.54, 1.807) is 0 Å². The summed E-state index contributed by atoms with van der Waals surface area (Å²) >= 11 is 0. The van der Waals surface area contributed by atoms with Crippen LogP contribution in [0.3, 0.4) is 0 Å². The zero-order chi connectivity index (χ0) is 11.9. The van der Waals surface area contributed by atoms with E-state index in [1.807, 2.05) is 0 Å². The fourth-order valence-electron chi connectivity index (χ4n) is 2.73. The molecular formula is C12H20N2O3. The summed E-state index contributed by atoms with van der Waals surface area (Å²) in [7, 11) is 0. The summed E-state index contributed by atoms with van der Waals surface area (Å²) < 4.78 is 11.0. The smallest absolute Gasteiger partial charge is 0.237 e. The van der Waals surface area contributed by atoms with Crippen LogP contribution in [0.5, 0.6) is 0 Å². The van der Waals surface area contributed by atoms with Crippen LogP contribution in [0.4, 0.5) is 0 Å². The number of nitrogens with two attached hydrogens (primary N) is 1. The van der Waals surface area contributed by atoms with Gasteiger partial charge in [0.1, 0.15) is 11.6 Å². The Morgan fingerprint density at radius 1 is 1.29 bits per heavy atom. The van der Waals surface area contributed by atoms with Crippen molar-refractivity contribution in [3.05, 3.63) is 0 Å². The molecule has 0 radical (unpaired) electrons. The molecule has 1 heterocycles. The number of hydrogen-bond acceptors (Lipinski definition) is 4. The van der Waals surface area contributed by atoms with Gasteiger partial charge in [-0.1, -0.05) is 0 Å². The molecule has 3 fully saturated rings. The van der Waals surface area contributed by atoms with Gasteiger partial charge in [0.15, 0.2) is 0 Å². The summed E-state index contributed by atoms with van der Waals surface area (Å²) in [6, 6.07) is 0.494. The van der Waals surface area contributed by atoms with Crippen LogP contribution in [0, 0.1) is 0 Å². The molecule has 0 aromatic carbocycles. The molecule has 1 saturated heterocycles. The molecule has 0 aromatic heterocycles. The van der Waals surface area contributed by atoms with Crippen molar-refractivity contribution in [1.29, 1.82) is 0 Å². The van der Waals surface area contributed by atoms with Crippen LogP contribution in [-0.2, 0) is 14.3 Å². The first-order valence-corrected chi connectivity index (χ1v) is 6.49. The quantitative estimate of drug-likeness (QED) is 0.705. The van der Waals surface area contributed by atoms with E-state index in [0.717, 1.165) is 32.1 Å². The van der Waals surface area contributed by atoms with Gasteiger partial charge < -0.3 is 20.5 Å². The SMILES string of the molecule is NC(=O)C1(NC2CC2)CCC(OC2COC2)C1. The highest BCUT2D eigenvalue weighted by atomic mass is 16.6. The monoisotopic (exact) mass is 240 g/mol. The number of carbonyl (C=O) groups is 1. The third-order valence-electron chi connectivity index (χ3n) is 3.99. The normalized spacial score (nSPS) is 38.0. The zero-order valence-corrected chi connectivity index (χ0v) is 9.98. The first kappa shape index (κ1) is 11.4. The lowest BCUT2D eigenvalue weighted by atomic mass is 9.96. The fourth-order valence-corrected chi connectivity index (χ4v) is 2.73. The number of rotatable bonds is 5. The van der Waals surface area contributed by atoms with Gasteiger partial charge in [0.25, 0.3) is 0 Å². The van der Waals surface area contributed by atoms with Crippen LogP contribution in [0.2, 0.25) is 0 Å². The minimum atomic E-state index is -0.517. The number of nitrogens with one attached hydrogen (secondary N) is 1. The van der Waals surface area contributed by atoms with Crippen molar-refractivity contribution in [2.45, 2.75) is 55.9 Å². The topological polar surface area (TPSA) is 73.6 Å². The third-order valence-corrected chi connectivity index (χ3v) is 3.99. The Labute approximate surface area is 101 Å². The van der Waals surface area contributed by atoms with E-state index in [4.69, 9.17) is 15.2 Å². The molecule has 0 bridgehead atoms. The number of ether oxygens (including phenoxy) is 2. The second-order valence-corrected chi connectivity index (χ2v) is 5.53. The Morgan fingerprint density at radius 3 is 2.59 bits per heavy atom. The maximum atomic E-state index is 11.7. The van der Waals surface area contributed by atoms with Gasteiger partial charge in [-0.3, -0.25) is 4.79 Å². The molecule has 1 amide bonds. The molecule has 1 aliphatic heterocycles. The second kappa shape index (κ2) is 4.23. The van der Waals surface area contributed by atoms with Crippen LogP contribution < -0.4 is 11.1 Å². The fraction of sp³-hybridized carbons (Fsp3) is 0.917. The van der Waals surface area contributed by atoms with Crippen LogP contribution in [-0.4, -0.2) is 42.9 Å². The molecule has 3 N–H and O–H groups in total. The summed E-state index contributed by atoms with van der Waals surface area (Å²) in [5.74, 6) is -0.222. The maximum absolute atomic E-state index is 11.7. The molecule has 2 atom stereocenters. The summed E-state index contributed by atoms with van der Waals surface area (Å²) in [4.78, 5) is 11.7. The van der Waals surface area contributed by atoms with Crippen LogP contribution in [0.25, 0.3) is 0 Å². The van der Waals surface area contributed by atoms with E-state index in [9.17, 15) is 4.79 Å². The largest absolute Gasteiger partial charge is 0.376 e. The lowest BCUT2D eigenvalue weighted by Crippen LogP contribution is -2.55. The van der Waals surface area contributed by atoms with Crippen molar-refractivity contribution < 1.29 is 14.3 Å². The average Bonchev–Trinajstić information content (AvgIpc) is 2.92. The Bertz CT molecular complexity index is 315. The summed E-state index contributed by atoms with van der Waals surface area (Å²) in [6.45, 7) is 1.38. The lowest BCUT2D eigenvalue weighted by Gasteiger charge is -2.31. The molecule has 96 valence electrons. The Hall–Kier alpha value is -0.650. The molecule has 17 heavy (non-hydrogen) atoms. The predicted octanol–water partition coefficient (Wildman–Crippen LogP) is -0.0696. The minimum Gasteiger partial charge on any atom is -0.376 e. The van der Waals surface area contributed by atoms with E-state index in [0.29, 0.717) is 19.3 Å². The maximum Gasteiger partial charge on any atom is 0.237 e. The third kappa shape index (κ3) is 2.32. The summed E-state index contributed by atoms with van der Waals surface area (Å²) in [5.41, 5.74) is 5.05. The number of carbonyl (C=O) groups excluding carboxylic acids is 1. The highest BCUT2D eigenvalue weighted by molar-refractivity contribution is 5.85. The molecule has 3 rings (SSSR count). The van der Waals surface area contributed by atoms with Crippen molar-refractivity contribution in [2.75, 3.05) is 13.2 Å². The zero-order valence-electron chi connectivity index (χ0n) is 9.98. The van der Waals surface area contributed by atoms with Gasteiger partial charge in [0.2, 0.25) is 5.91 Å². The molecule has 2 aliphatic carbocycles. The van der Waals surface area contributed by atoms with Gasteiger partial charge in [0, 0.05) is 12.5 Å². The van der Waals surface area contributed by atoms with E-state index in [1.165, 1.54) is 0 Å². The van der Waals surface area contributed by atoms with Gasteiger partial charge in [0.05, 0.1) is 19.3 Å². The number of hydrogen-bond donors (Lipinski definition) is 2. The van der Waals surface area contributed by atoms with Gasteiger partial charge in [-0.2, -0.15) is 0 Å². The Balaban J connectivity index is 1.59. The van der Waals surface area contributed by atoms with Gasteiger partial charge in [-0.05, 0) is 25.7 Å². The molecule has 5 heteroatoms. The number of primary amides is 1. The Morgan fingerprint density at radius 2 is 2.06 bits per heavy atom. The van der Waals surface area contributed by atoms with Crippen molar-refractivity contribution in [3.63, 3.8) is 0 Å². The van der Waals surface area contributed by atoms with Gasteiger partial charge in [-0.25, -0.2) is 0 Å². The van der Waals surface area contributed by atoms with Crippen LogP contribution >= 0.6 is 0 Å². The van der Waals surface area contributed by atoms with E-state index in [2.05, 4.69) is 5.32 Å². The molecule has 5 nitrogen and oxygen atoms in total. The minimum absolute atomic E-state index is 0.155. The average molecular weight is 240 g/mol. The van der Waals surface area contributed by atoms with Crippen molar-refractivity contribution >= 4 is 5.91 Å². The highest BCUT2D eigenvalue weighted by Gasteiger charge is 2.47. The Kier molecular flexibility index (Phi) is 2.84. The van der Waals surface area contributed by atoms with Crippen molar-refractivity contribution in [2.24, 2.45) is 5.73 Å². The molecule has 3 aliphatic rings. The van der Waals surface area contributed by atoms with Crippen molar-refractivity contribution in [3.8, 4) is 0 Å². The molecule has 2 saturated carbocycles. The predicted molar refractivity (Wildman–Crippen MR) is 61.4 cm³/mol. The molecule has 2 unspecified atom stereocenters. The first-order chi connectivity index (χ1) is 8.18. The summed E-state index contributed by atoms with van der Waals surface area (Å²) in [5, 5.41) is 3.42. The second-order valence-electron chi connectivity index (χ2n) is 5.53. The molecular weight excluding hydrogens is 220 g/mol. The molecule has 0 spiro atoms. The van der Waals surface area contributed by atoms with E-state index in [-0.39, 0.29) is 18.1 Å². The highest BCUT2D eigenvalue weighted by Crippen LogP contribution is 2.36. The van der Waals surface area contributed by atoms with Gasteiger partial charge in [-0.15, -0.1) is 0 Å². The van der Waals surface area contributed by atoms with Crippen LogP contribution in [0.15, 0.2) is 0 Å². The van der Waals surface area contributed by atoms with Gasteiger partial charge >= 0.3 is 0 Å². The number of amides is 1. The van der Waals surface area contributed by atoms with Crippen molar-refractivity contribution in [1.82, 2.24) is 5.32 Å². The first-order valence-electron chi connectivity index (χ1n) is 6.49. The standard InChI is InChI=1S/C12H20N2O3/c13-11(15)12(14-8-1-2-8)4-3-9(5-12)17-10-6-16-7-10/h8-10,14H,1-7H2,(H2,13,15).